The molecule has 2 aromatic rings. The van der Waals surface area contributed by atoms with Crippen LogP contribution in [0, 0.1) is 6.92 Å². The number of β-lactam (4-membered cyclic amide) rings is 1. The molecule has 2 amide bonds. The van der Waals surface area contributed by atoms with E-state index < -0.39 is 29.3 Å². The summed E-state index contributed by atoms with van der Waals surface area (Å²) in [5.41, 5.74) is 0. The van der Waals surface area contributed by atoms with Crippen molar-refractivity contribution in [2.45, 2.75) is 35.6 Å². The lowest BCUT2D eigenvalue weighted by atomic mass is 10.0. The summed E-state index contributed by atoms with van der Waals surface area (Å²) in [5.74, 6) is -0.819. The largest absolute Gasteiger partial charge is 0.484 e. The van der Waals surface area contributed by atoms with Crippen molar-refractivity contribution in [1.82, 2.24) is 20.4 Å². The lowest BCUT2D eigenvalue weighted by Crippen LogP contribution is -2.72. The van der Waals surface area contributed by atoms with Crippen molar-refractivity contribution in [2.75, 3.05) is 13.7 Å². The molecular weight excluding hydrogens is 472 g/mol. The summed E-state index contributed by atoms with van der Waals surface area (Å²) in [6.07, 6.45) is 3.27. The Labute approximate surface area is 197 Å². The Morgan fingerprint density at radius 1 is 1.31 bits per heavy atom. The average molecular weight is 495 g/mol. The Bertz CT molecular complexity index is 985. The molecule has 0 bridgehead atoms. The minimum Gasteiger partial charge on any atom is -0.484 e. The number of aryl methyl sites for hydroxylation is 1. The van der Waals surface area contributed by atoms with Gasteiger partial charge >= 0.3 is 5.97 Å². The summed E-state index contributed by atoms with van der Waals surface area (Å²) in [6.45, 7) is 3.37. The van der Waals surface area contributed by atoms with E-state index in [-0.39, 0.29) is 12.5 Å². The fraction of sp³-hybridized carbons (Fsp3) is 0.350. The van der Waals surface area contributed by atoms with Crippen LogP contribution in [0.2, 0.25) is 0 Å². The summed E-state index contributed by atoms with van der Waals surface area (Å²) in [5, 5.41) is 11.1. The number of methoxy groups -OCH3 is 1. The summed E-state index contributed by atoms with van der Waals surface area (Å²) < 4.78 is 11.0. The van der Waals surface area contributed by atoms with Crippen LogP contribution in [0.3, 0.4) is 0 Å². The van der Waals surface area contributed by atoms with Crippen LogP contribution in [0.1, 0.15) is 11.9 Å². The molecule has 0 spiro atoms. The molecule has 2 heterocycles. The highest BCUT2D eigenvalue weighted by Gasteiger charge is 2.53. The maximum Gasteiger partial charge on any atom is 0.332 e. The SMILES string of the molecule is C/C=C\C(C(=O)OC)N1C(=O)C(NC(=O)COc2ccccc2)C1SSc1nnc(C)s1. The van der Waals surface area contributed by atoms with Crippen molar-refractivity contribution in [3.05, 3.63) is 47.5 Å². The fourth-order valence-electron chi connectivity index (χ4n) is 2.89. The number of nitrogens with zero attached hydrogens (tertiary/aromatic N) is 3. The minimum absolute atomic E-state index is 0.233. The molecule has 3 rings (SSSR count). The monoisotopic (exact) mass is 494 g/mol. The third-order valence-electron chi connectivity index (χ3n) is 4.35. The van der Waals surface area contributed by atoms with E-state index in [1.54, 1.807) is 43.3 Å². The highest BCUT2D eigenvalue weighted by atomic mass is 33.1. The number of ether oxygens (including phenoxy) is 2. The zero-order chi connectivity index (χ0) is 23.1. The van der Waals surface area contributed by atoms with E-state index in [0.717, 1.165) is 5.01 Å². The second kappa shape index (κ2) is 11.3. The van der Waals surface area contributed by atoms with Crippen LogP contribution in [0.5, 0.6) is 5.75 Å². The van der Waals surface area contributed by atoms with Gasteiger partial charge in [0, 0.05) is 0 Å². The van der Waals surface area contributed by atoms with Gasteiger partial charge in [0.2, 0.25) is 5.91 Å². The summed E-state index contributed by atoms with van der Waals surface area (Å²) in [6, 6.07) is 7.21. The summed E-state index contributed by atoms with van der Waals surface area (Å²) >= 11 is 1.42. The predicted molar refractivity (Wildman–Crippen MR) is 123 cm³/mol. The second-order valence-corrected chi connectivity index (χ2v) is 10.3. The third kappa shape index (κ3) is 5.81. The van der Waals surface area contributed by atoms with Crippen LogP contribution < -0.4 is 10.1 Å². The molecule has 1 aliphatic heterocycles. The van der Waals surface area contributed by atoms with Gasteiger partial charge in [-0.1, -0.05) is 52.5 Å². The van der Waals surface area contributed by atoms with Crippen molar-refractivity contribution in [3.63, 3.8) is 0 Å². The zero-order valence-electron chi connectivity index (χ0n) is 17.6. The van der Waals surface area contributed by atoms with E-state index >= 15 is 0 Å². The molecule has 0 aliphatic carbocycles. The van der Waals surface area contributed by atoms with Gasteiger partial charge in [0.05, 0.1) is 7.11 Å². The molecule has 1 aliphatic rings. The molecule has 0 saturated carbocycles. The number of amides is 2. The number of allylic oxidation sites excluding steroid dienone is 1. The van der Waals surface area contributed by atoms with Crippen LogP contribution in [0.25, 0.3) is 0 Å². The molecule has 32 heavy (non-hydrogen) atoms. The van der Waals surface area contributed by atoms with Crippen LogP contribution >= 0.6 is 32.9 Å². The van der Waals surface area contributed by atoms with Crippen LogP contribution in [-0.2, 0) is 19.1 Å². The molecule has 3 unspecified atom stereocenters. The number of hydrogen-bond acceptors (Lipinski definition) is 10. The number of esters is 1. The fourth-order valence-corrected chi connectivity index (χ4v) is 6.59. The quantitative estimate of drug-likeness (QED) is 0.230. The van der Waals surface area contributed by atoms with Gasteiger partial charge in [-0.2, -0.15) is 0 Å². The lowest BCUT2D eigenvalue weighted by molar-refractivity contribution is -0.161. The number of likely N-dealkylation sites (tertiary alicyclic amines) is 1. The van der Waals surface area contributed by atoms with E-state index in [0.29, 0.717) is 10.1 Å². The first kappa shape index (κ1) is 24.1. The number of hydrogen-bond donors (Lipinski definition) is 1. The van der Waals surface area contributed by atoms with Gasteiger partial charge < -0.3 is 19.7 Å². The van der Waals surface area contributed by atoms with Crippen molar-refractivity contribution in [1.29, 1.82) is 0 Å². The molecule has 1 N–H and O–H groups in total. The number of carbonyl (C=O) groups excluding carboxylic acids is 3. The number of rotatable bonds is 10. The number of benzene rings is 1. The number of carbonyl (C=O) groups is 3. The Kier molecular flexibility index (Phi) is 8.53. The lowest BCUT2D eigenvalue weighted by Gasteiger charge is -2.48. The smallest absolute Gasteiger partial charge is 0.332 e. The first-order chi connectivity index (χ1) is 15.4. The van der Waals surface area contributed by atoms with Gasteiger partial charge in [0.15, 0.2) is 10.9 Å². The zero-order valence-corrected chi connectivity index (χ0v) is 20.0. The molecule has 1 aromatic heterocycles. The van der Waals surface area contributed by atoms with Gasteiger partial charge in [0.25, 0.3) is 5.91 Å². The minimum atomic E-state index is -0.888. The molecule has 1 saturated heterocycles. The first-order valence-electron chi connectivity index (χ1n) is 9.58. The number of nitrogens with one attached hydrogen (secondary N) is 1. The maximum atomic E-state index is 12.9. The van der Waals surface area contributed by atoms with E-state index in [1.165, 1.54) is 44.9 Å². The van der Waals surface area contributed by atoms with Crippen molar-refractivity contribution >= 4 is 50.7 Å². The van der Waals surface area contributed by atoms with Gasteiger partial charge in [0.1, 0.15) is 28.2 Å². The Hall–Kier alpha value is -2.57. The topological polar surface area (TPSA) is 111 Å². The number of aromatic nitrogens is 2. The molecule has 12 heteroatoms. The van der Waals surface area contributed by atoms with Gasteiger partial charge in [-0.3, -0.25) is 9.59 Å². The molecule has 1 fully saturated rings. The van der Waals surface area contributed by atoms with Crippen LogP contribution in [0.15, 0.2) is 46.8 Å². The first-order valence-corrected chi connectivity index (χ1v) is 12.6. The third-order valence-corrected chi connectivity index (χ3v) is 8.17. The Balaban J connectivity index is 1.70. The van der Waals surface area contributed by atoms with Crippen molar-refractivity contribution < 1.29 is 23.9 Å². The highest BCUT2D eigenvalue weighted by molar-refractivity contribution is 8.77. The van der Waals surface area contributed by atoms with Gasteiger partial charge in [-0.25, -0.2) is 4.79 Å². The van der Waals surface area contributed by atoms with Gasteiger partial charge in [-0.05, 0) is 36.8 Å². The van der Waals surface area contributed by atoms with Crippen molar-refractivity contribution in [3.8, 4) is 5.75 Å². The van der Waals surface area contributed by atoms with E-state index in [9.17, 15) is 14.4 Å². The maximum absolute atomic E-state index is 12.9. The van der Waals surface area contributed by atoms with E-state index in [4.69, 9.17) is 9.47 Å². The summed E-state index contributed by atoms with van der Waals surface area (Å²) in [7, 11) is 3.92. The summed E-state index contributed by atoms with van der Waals surface area (Å²) in [4.78, 5) is 39.0. The van der Waals surface area contributed by atoms with Gasteiger partial charge in [-0.15, -0.1) is 10.2 Å². The molecular formula is C20H22N4O5S3. The molecule has 0 radical (unpaired) electrons. The van der Waals surface area contributed by atoms with Crippen LogP contribution in [0.4, 0.5) is 0 Å². The van der Waals surface area contributed by atoms with E-state index in [1.807, 2.05) is 13.0 Å². The molecule has 3 atom stereocenters. The second-order valence-electron chi connectivity index (χ2n) is 6.54. The molecule has 9 nitrogen and oxygen atoms in total. The van der Waals surface area contributed by atoms with Crippen molar-refractivity contribution in [2.24, 2.45) is 0 Å². The van der Waals surface area contributed by atoms with E-state index in [2.05, 4.69) is 15.5 Å². The predicted octanol–water partition coefficient (Wildman–Crippen LogP) is 2.44. The standard InChI is InChI=1S/C20H22N4O5S3/c1-4-8-14(19(27)28-3)24-17(26)16(18(24)31-32-20-23-22-12(2)30-20)21-15(25)11-29-13-9-6-5-7-10-13/h4-10,14,16,18H,11H2,1-3H3,(H,21,25)/b8-4-. The van der Waals surface area contributed by atoms with Crippen LogP contribution in [-0.4, -0.2) is 64.1 Å². The number of para-hydroxylation sites is 1. The Morgan fingerprint density at radius 2 is 2.06 bits per heavy atom. The Morgan fingerprint density at radius 3 is 2.69 bits per heavy atom. The normalized spacial score (nSPS) is 18.8. The average Bonchev–Trinajstić information content (AvgIpc) is 3.22. The molecule has 1 aromatic carbocycles. The highest BCUT2D eigenvalue weighted by Crippen LogP contribution is 2.43. The molecule has 170 valence electrons.